The molecule has 0 aliphatic heterocycles. The molecule has 156 valence electrons. The molecule has 0 fully saturated rings. The fourth-order valence-corrected chi connectivity index (χ4v) is 4.06. The average molecular weight is 444 g/mol. The standard InChI is InChI=1S/C21H21N3O4S2/c1-22-30(27,28)14-16-9-7-15(8-10-16)13-23-20(25)17-4-2-5-18(12-17)24-21(26)19-6-3-11-29-19/h2-12,22H,13-14H2,1H3,(H,23,25)(H,24,26). The fraction of sp³-hybridized carbons (Fsp3) is 0.143. The van der Waals surface area contributed by atoms with Gasteiger partial charge in [-0.25, -0.2) is 13.1 Å². The van der Waals surface area contributed by atoms with Crippen molar-refractivity contribution in [3.8, 4) is 0 Å². The summed E-state index contributed by atoms with van der Waals surface area (Å²) >= 11 is 1.34. The first-order chi connectivity index (χ1) is 14.4. The van der Waals surface area contributed by atoms with Crippen LogP contribution in [0, 0.1) is 0 Å². The van der Waals surface area contributed by atoms with Crippen molar-refractivity contribution >= 4 is 38.9 Å². The summed E-state index contributed by atoms with van der Waals surface area (Å²) in [5, 5.41) is 7.43. The van der Waals surface area contributed by atoms with Crippen LogP contribution in [0.25, 0.3) is 0 Å². The summed E-state index contributed by atoms with van der Waals surface area (Å²) < 4.78 is 25.5. The van der Waals surface area contributed by atoms with E-state index in [9.17, 15) is 18.0 Å². The number of anilines is 1. The Hall–Kier alpha value is -3.01. The Morgan fingerprint density at radius 3 is 2.33 bits per heavy atom. The lowest BCUT2D eigenvalue weighted by Crippen LogP contribution is -2.23. The molecule has 0 atom stereocenters. The van der Waals surface area contributed by atoms with Gasteiger partial charge in [0.25, 0.3) is 11.8 Å². The number of benzene rings is 2. The van der Waals surface area contributed by atoms with Crippen molar-refractivity contribution in [1.29, 1.82) is 0 Å². The molecular formula is C21H21N3O4S2. The van der Waals surface area contributed by atoms with Gasteiger partial charge in [0.05, 0.1) is 10.6 Å². The van der Waals surface area contributed by atoms with E-state index in [-0.39, 0.29) is 17.6 Å². The van der Waals surface area contributed by atoms with Crippen molar-refractivity contribution in [1.82, 2.24) is 10.0 Å². The first kappa shape index (κ1) is 21.7. The summed E-state index contributed by atoms with van der Waals surface area (Å²) in [6, 6.07) is 17.2. The van der Waals surface area contributed by atoms with E-state index >= 15 is 0 Å². The molecule has 9 heteroatoms. The van der Waals surface area contributed by atoms with Crippen LogP contribution in [-0.2, 0) is 22.3 Å². The van der Waals surface area contributed by atoms with E-state index in [1.165, 1.54) is 18.4 Å². The van der Waals surface area contributed by atoms with E-state index < -0.39 is 10.0 Å². The third-order valence-electron chi connectivity index (χ3n) is 4.27. The maximum atomic E-state index is 12.5. The van der Waals surface area contributed by atoms with Gasteiger partial charge in [-0.3, -0.25) is 9.59 Å². The molecule has 0 aliphatic rings. The predicted octanol–water partition coefficient (Wildman–Crippen LogP) is 2.98. The fourth-order valence-electron chi connectivity index (χ4n) is 2.67. The largest absolute Gasteiger partial charge is 0.348 e. The van der Waals surface area contributed by atoms with E-state index in [1.807, 2.05) is 5.38 Å². The third-order valence-corrected chi connectivity index (χ3v) is 6.48. The Balaban J connectivity index is 1.58. The van der Waals surface area contributed by atoms with Crippen LogP contribution < -0.4 is 15.4 Å². The quantitative estimate of drug-likeness (QED) is 0.498. The van der Waals surface area contributed by atoms with Gasteiger partial charge in [0.2, 0.25) is 10.0 Å². The van der Waals surface area contributed by atoms with Gasteiger partial charge in [-0.05, 0) is 47.8 Å². The van der Waals surface area contributed by atoms with Crippen molar-refractivity contribution in [3.63, 3.8) is 0 Å². The van der Waals surface area contributed by atoms with Crippen molar-refractivity contribution in [2.24, 2.45) is 0 Å². The van der Waals surface area contributed by atoms with Gasteiger partial charge in [0.1, 0.15) is 0 Å². The number of carbonyl (C=O) groups is 2. The molecule has 7 nitrogen and oxygen atoms in total. The van der Waals surface area contributed by atoms with E-state index in [2.05, 4.69) is 15.4 Å². The molecule has 0 radical (unpaired) electrons. The molecule has 0 saturated carbocycles. The van der Waals surface area contributed by atoms with E-state index in [0.717, 1.165) is 5.56 Å². The number of carbonyl (C=O) groups excluding carboxylic acids is 2. The van der Waals surface area contributed by atoms with Crippen LogP contribution in [0.2, 0.25) is 0 Å². The average Bonchev–Trinajstić information content (AvgIpc) is 3.28. The van der Waals surface area contributed by atoms with Gasteiger partial charge in [0, 0.05) is 17.8 Å². The number of sulfonamides is 1. The van der Waals surface area contributed by atoms with Crippen LogP contribution in [0.15, 0.2) is 66.0 Å². The van der Waals surface area contributed by atoms with E-state index in [0.29, 0.717) is 28.2 Å². The van der Waals surface area contributed by atoms with Crippen LogP contribution in [0.1, 0.15) is 31.2 Å². The first-order valence-corrected chi connectivity index (χ1v) is 11.6. The van der Waals surface area contributed by atoms with Gasteiger partial charge in [0.15, 0.2) is 0 Å². The molecule has 0 spiro atoms. The predicted molar refractivity (Wildman–Crippen MR) is 118 cm³/mol. The van der Waals surface area contributed by atoms with Gasteiger partial charge in [-0.2, -0.15) is 0 Å². The van der Waals surface area contributed by atoms with Crippen molar-refractivity contribution < 1.29 is 18.0 Å². The molecule has 1 aromatic heterocycles. The minimum absolute atomic E-state index is 0.0971. The first-order valence-electron chi connectivity index (χ1n) is 9.08. The molecule has 0 bridgehead atoms. The Labute approximate surface area is 179 Å². The second-order valence-electron chi connectivity index (χ2n) is 6.47. The zero-order valence-electron chi connectivity index (χ0n) is 16.2. The molecule has 0 saturated heterocycles. The SMILES string of the molecule is CNS(=O)(=O)Cc1ccc(CNC(=O)c2cccc(NC(=O)c3cccs3)c2)cc1. The molecule has 3 aromatic rings. The molecule has 2 aromatic carbocycles. The van der Waals surface area contributed by atoms with Gasteiger partial charge in [-0.15, -0.1) is 11.3 Å². The van der Waals surface area contributed by atoms with Gasteiger partial charge < -0.3 is 10.6 Å². The summed E-state index contributed by atoms with van der Waals surface area (Å²) in [6.07, 6.45) is 0. The molecule has 3 N–H and O–H groups in total. The van der Waals surface area contributed by atoms with Crippen molar-refractivity contribution in [3.05, 3.63) is 87.6 Å². The van der Waals surface area contributed by atoms with Crippen LogP contribution >= 0.6 is 11.3 Å². The lowest BCUT2D eigenvalue weighted by atomic mass is 10.1. The Morgan fingerprint density at radius 2 is 1.67 bits per heavy atom. The number of nitrogens with one attached hydrogen (secondary N) is 3. The third kappa shape index (κ3) is 5.99. The monoisotopic (exact) mass is 443 g/mol. The molecule has 2 amide bonds. The zero-order chi connectivity index (χ0) is 21.6. The lowest BCUT2D eigenvalue weighted by Gasteiger charge is -2.09. The molecule has 3 rings (SSSR count). The Morgan fingerprint density at radius 1 is 0.933 bits per heavy atom. The minimum Gasteiger partial charge on any atom is -0.348 e. The summed E-state index contributed by atoms with van der Waals surface area (Å²) in [5.41, 5.74) is 2.47. The smallest absolute Gasteiger partial charge is 0.265 e. The number of rotatable bonds is 8. The second kappa shape index (κ2) is 9.66. The highest BCUT2D eigenvalue weighted by atomic mass is 32.2. The van der Waals surface area contributed by atoms with E-state index in [4.69, 9.17) is 0 Å². The molecule has 30 heavy (non-hydrogen) atoms. The Bertz CT molecular complexity index is 1130. The summed E-state index contributed by atoms with van der Waals surface area (Å²) in [7, 11) is -1.95. The number of thiophene rings is 1. The van der Waals surface area contributed by atoms with Crippen LogP contribution in [0.3, 0.4) is 0 Å². The minimum atomic E-state index is -3.32. The van der Waals surface area contributed by atoms with Crippen molar-refractivity contribution in [2.75, 3.05) is 12.4 Å². The summed E-state index contributed by atoms with van der Waals surface area (Å²) in [6.45, 7) is 0.295. The van der Waals surface area contributed by atoms with Crippen LogP contribution in [0.5, 0.6) is 0 Å². The second-order valence-corrected chi connectivity index (χ2v) is 9.35. The number of hydrogen-bond donors (Lipinski definition) is 3. The van der Waals surface area contributed by atoms with Gasteiger partial charge in [-0.1, -0.05) is 36.4 Å². The number of amides is 2. The number of hydrogen-bond acceptors (Lipinski definition) is 5. The normalized spacial score (nSPS) is 11.1. The maximum absolute atomic E-state index is 12.5. The highest BCUT2D eigenvalue weighted by Crippen LogP contribution is 2.15. The molecule has 1 heterocycles. The van der Waals surface area contributed by atoms with Crippen LogP contribution in [0.4, 0.5) is 5.69 Å². The highest BCUT2D eigenvalue weighted by molar-refractivity contribution is 7.88. The topological polar surface area (TPSA) is 104 Å². The molecule has 0 aliphatic carbocycles. The molecule has 0 unspecified atom stereocenters. The maximum Gasteiger partial charge on any atom is 0.265 e. The van der Waals surface area contributed by atoms with E-state index in [1.54, 1.807) is 60.7 Å². The Kier molecular flexibility index (Phi) is 6.99. The lowest BCUT2D eigenvalue weighted by molar-refractivity contribution is 0.0949. The van der Waals surface area contributed by atoms with Crippen molar-refractivity contribution in [2.45, 2.75) is 12.3 Å². The van der Waals surface area contributed by atoms with Crippen LogP contribution in [-0.4, -0.2) is 27.3 Å². The summed E-state index contributed by atoms with van der Waals surface area (Å²) in [5.74, 6) is -0.591. The van der Waals surface area contributed by atoms with Gasteiger partial charge >= 0.3 is 0 Å². The highest BCUT2D eigenvalue weighted by Gasteiger charge is 2.11. The molecular weight excluding hydrogens is 422 g/mol. The zero-order valence-corrected chi connectivity index (χ0v) is 17.8. The summed E-state index contributed by atoms with van der Waals surface area (Å²) in [4.78, 5) is 25.2.